The van der Waals surface area contributed by atoms with Crippen LogP contribution in [0.25, 0.3) is 0 Å². The van der Waals surface area contributed by atoms with Crippen LogP contribution in [0.3, 0.4) is 0 Å². The Bertz CT molecular complexity index is 953. The molecule has 1 aromatic heterocycles. The van der Waals surface area contributed by atoms with Crippen molar-refractivity contribution in [3.8, 4) is 0 Å². The molecule has 1 fully saturated rings. The summed E-state index contributed by atoms with van der Waals surface area (Å²) in [4.78, 5) is 43.8. The molecule has 0 bridgehead atoms. The molecule has 0 spiro atoms. The van der Waals surface area contributed by atoms with E-state index < -0.39 is 6.04 Å². The van der Waals surface area contributed by atoms with E-state index in [0.717, 1.165) is 48.4 Å². The van der Waals surface area contributed by atoms with Gasteiger partial charge in [0, 0.05) is 29.2 Å². The summed E-state index contributed by atoms with van der Waals surface area (Å²) in [6.07, 6.45) is 4.57. The summed E-state index contributed by atoms with van der Waals surface area (Å²) < 4.78 is 0. The van der Waals surface area contributed by atoms with Crippen LogP contribution >= 0.6 is 11.3 Å². The van der Waals surface area contributed by atoms with Crippen LogP contribution in [0.15, 0.2) is 29.6 Å². The van der Waals surface area contributed by atoms with Crippen molar-refractivity contribution in [3.63, 3.8) is 0 Å². The topological polar surface area (TPSA) is 91.4 Å². The molecule has 158 valence electrons. The molecule has 30 heavy (non-hydrogen) atoms. The number of hydrogen-bond acceptors (Lipinski definition) is 5. The number of thiazole rings is 1. The summed E-state index contributed by atoms with van der Waals surface area (Å²) in [5, 5.41) is 8.72. The van der Waals surface area contributed by atoms with Crippen LogP contribution in [0.5, 0.6) is 0 Å². The number of fused-ring (bicyclic) bond motifs is 1. The standard InChI is InChI=1S/C22H26N4O3S/c1-14-13-30-19(25-14)8-4-5-11-23-18(27)12-24-21(28)20-16-6-2-3-7-17(16)22(29)26(20)15-9-10-15/h2-3,6-7,13,15,20H,4-5,8-12H2,1H3,(H,23,27)(H,24,28). The molecule has 1 aliphatic heterocycles. The highest BCUT2D eigenvalue weighted by atomic mass is 32.1. The van der Waals surface area contributed by atoms with E-state index in [9.17, 15) is 14.4 Å². The third-order valence-corrected chi connectivity index (χ3v) is 6.44. The average Bonchev–Trinajstić information content (AvgIpc) is 3.43. The number of carbonyl (C=O) groups is 3. The number of rotatable bonds is 9. The lowest BCUT2D eigenvalue weighted by atomic mass is 10.0. The van der Waals surface area contributed by atoms with Gasteiger partial charge in [-0.2, -0.15) is 0 Å². The lowest BCUT2D eigenvalue weighted by molar-refractivity contribution is -0.129. The fourth-order valence-electron chi connectivity index (χ4n) is 3.81. The second kappa shape index (κ2) is 8.95. The quantitative estimate of drug-likeness (QED) is 0.602. The summed E-state index contributed by atoms with van der Waals surface area (Å²) >= 11 is 1.67. The minimum absolute atomic E-state index is 0.0874. The Morgan fingerprint density at radius 2 is 2.00 bits per heavy atom. The van der Waals surface area contributed by atoms with Crippen molar-refractivity contribution in [2.24, 2.45) is 0 Å². The summed E-state index contributed by atoms with van der Waals surface area (Å²) in [6.45, 7) is 2.46. The van der Waals surface area contributed by atoms with Gasteiger partial charge < -0.3 is 15.5 Å². The fraction of sp³-hybridized carbons (Fsp3) is 0.455. The molecule has 1 aromatic carbocycles. The third kappa shape index (κ3) is 4.53. The zero-order chi connectivity index (χ0) is 21.1. The van der Waals surface area contributed by atoms with E-state index in [0.29, 0.717) is 12.1 Å². The Hall–Kier alpha value is -2.74. The highest BCUT2D eigenvalue weighted by molar-refractivity contribution is 7.09. The minimum Gasteiger partial charge on any atom is -0.355 e. The van der Waals surface area contributed by atoms with Crippen molar-refractivity contribution in [2.45, 2.75) is 51.1 Å². The van der Waals surface area contributed by atoms with Crippen molar-refractivity contribution in [2.75, 3.05) is 13.1 Å². The Kier molecular flexibility index (Phi) is 6.13. The van der Waals surface area contributed by atoms with Gasteiger partial charge in [0.2, 0.25) is 11.8 Å². The normalized spacial score (nSPS) is 17.7. The van der Waals surface area contributed by atoms with E-state index >= 15 is 0 Å². The predicted octanol–water partition coefficient (Wildman–Crippen LogP) is 2.37. The molecule has 3 amide bonds. The summed E-state index contributed by atoms with van der Waals surface area (Å²) in [5.74, 6) is -0.605. The largest absolute Gasteiger partial charge is 0.355 e. The van der Waals surface area contributed by atoms with Crippen LogP contribution in [0.1, 0.15) is 58.3 Å². The van der Waals surface area contributed by atoms with Crippen molar-refractivity contribution in [1.29, 1.82) is 0 Å². The van der Waals surface area contributed by atoms with E-state index in [4.69, 9.17) is 0 Å². The van der Waals surface area contributed by atoms with Gasteiger partial charge in [0.05, 0.1) is 11.6 Å². The second-order valence-corrected chi connectivity index (χ2v) is 8.78. The van der Waals surface area contributed by atoms with E-state index in [1.165, 1.54) is 0 Å². The molecule has 4 rings (SSSR count). The number of carbonyl (C=O) groups excluding carboxylic acids is 3. The number of nitrogens with zero attached hydrogens (tertiary/aromatic N) is 2. The number of amides is 3. The monoisotopic (exact) mass is 426 g/mol. The first-order valence-electron chi connectivity index (χ1n) is 10.4. The highest BCUT2D eigenvalue weighted by Gasteiger charge is 2.47. The molecule has 0 saturated heterocycles. The van der Waals surface area contributed by atoms with Gasteiger partial charge in [-0.05, 0) is 50.7 Å². The number of unbranched alkanes of at least 4 members (excludes halogenated alkanes) is 1. The summed E-state index contributed by atoms with van der Waals surface area (Å²) in [6, 6.07) is 6.71. The molecular formula is C22H26N4O3S. The molecule has 2 aliphatic rings. The molecular weight excluding hydrogens is 400 g/mol. The van der Waals surface area contributed by atoms with Crippen molar-refractivity contribution < 1.29 is 14.4 Å². The molecule has 2 N–H and O–H groups in total. The maximum absolute atomic E-state index is 12.8. The number of aromatic nitrogens is 1. The molecule has 1 aliphatic carbocycles. The molecule has 8 heteroatoms. The lowest BCUT2D eigenvalue weighted by Gasteiger charge is -2.24. The Morgan fingerprint density at radius 1 is 1.20 bits per heavy atom. The number of hydrogen-bond donors (Lipinski definition) is 2. The van der Waals surface area contributed by atoms with Crippen LogP contribution in [0, 0.1) is 6.92 Å². The smallest absolute Gasteiger partial charge is 0.255 e. The summed E-state index contributed by atoms with van der Waals surface area (Å²) in [7, 11) is 0. The van der Waals surface area contributed by atoms with Gasteiger partial charge in [-0.1, -0.05) is 18.2 Å². The fourth-order valence-corrected chi connectivity index (χ4v) is 4.62. The van der Waals surface area contributed by atoms with E-state index in [2.05, 4.69) is 15.6 Å². The number of benzene rings is 1. The molecule has 7 nitrogen and oxygen atoms in total. The molecule has 0 radical (unpaired) electrons. The first kappa shape index (κ1) is 20.5. The van der Waals surface area contributed by atoms with Crippen molar-refractivity contribution >= 4 is 29.1 Å². The van der Waals surface area contributed by atoms with Gasteiger partial charge >= 0.3 is 0 Å². The van der Waals surface area contributed by atoms with Crippen LogP contribution < -0.4 is 10.6 Å². The van der Waals surface area contributed by atoms with Gasteiger partial charge in [0.15, 0.2) is 0 Å². The molecule has 1 saturated carbocycles. The van der Waals surface area contributed by atoms with Gasteiger partial charge in [-0.25, -0.2) is 4.98 Å². The molecule has 1 atom stereocenters. The van der Waals surface area contributed by atoms with Crippen LogP contribution in [0.2, 0.25) is 0 Å². The van der Waals surface area contributed by atoms with Gasteiger partial charge in [0.1, 0.15) is 6.04 Å². The first-order valence-corrected chi connectivity index (χ1v) is 11.3. The number of aryl methyl sites for hydroxylation is 2. The van der Waals surface area contributed by atoms with Crippen LogP contribution in [0.4, 0.5) is 0 Å². The first-order chi connectivity index (χ1) is 14.5. The Morgan fingerprint density at radius 3 is 2.73 bits per heavy atom. The van der Waals surface area contributed by atoms with Crippen LogP contribution in [-0.4, -0.2) is 46.7 Å². The maximum atomic E-state index is 12.8. The molecule has 2 heterocycles. The van der Waals surface area contributed by atoms with E-state index in [-0.39, 0.29) is 30.3 Å². The average molecular weight is 427 g/mol. The zero-order valence-electron chi connectivity index (χ0n) is 17.0. The second-order valence-electron chi connectivity index (χ2n) is 7.84. The highest BCUT2D eigenvalue weighted by Crippen LogP contribution is 2.41. The third-order valence-electron chi connectivity index (χ3n) is 5.42. The Balaban J connectivity index is 1.23. The summed E-state index contributed by atoms with van der Waals surface area (Å²) in [5.41, 5.74) is 2.36. The zero-order valence-corrected chi connectivity index (χ0v) is 17.8. The van der Waals surface area contributed by atoms with Crippen molar-refractivity contribution in [3.05, 3.63) is 51.5 Å². The molecule has 2 aromatic rings. The molecule has 1 unspecified atom stereocenters. The van der Waals surface area contributed by atoms with Crippen LogP contribution in [-0.2, 0) is 16.0 Å². The van der Waals surface area contributed by atoms with Gasteiger partial charge in [0.25, 0.3) is 5.91 Å². The predicted molar refractivity (Wildman–Crippen MR) is 114 cm³/mol. The van der Waals surface area contributed by atoms with Crippen molar-refractivity contribution in [1.82, 2.24) is 20.5 Å². The Labute approximate surface area is 179 Å². The lowest BCUT2D eigenvalue weighted by Crippen LogP contribution is -2.44. The van der Waals surface area contributed by atoms with E-state index in [1.807, 2.05) is 30.5 Å². The van der Waals surface area contributed by atoms with Gasteiger partial charge in [-0.3, -0.25) is 14.4 Å². The number of nitrogens with one attached hydrogen (secondary N) is 2. The maximum Gasteiger partial charge on any atom is 0.255 e. The van der Waals surface area contributed by atoms with Gasteiger partial charge in [-0.15, -0.1) is 11.3 Å². The minimum atomic E-state index is -0.643. The van der Waals surface area contributed by atoms with E-state index in [1.54, 1.807) is 22.3 Å². The SMILES string of the molecule is Cc1csc(CCCCNC(=O)CNC(=O)C2c3ccccc3C(=O)N2C2CC2)n1.